The number of alkyl halides is 18. The summed E-state index contributed by atoms with van der Waals surface area (Å²) >= 11 is 0. The van der Waals surface area contributed by atoms with Gasteiger partial charge in [0.15, 0.2) is 0 Å². The quantitative estimate of drug-likeness (QED) is 0.279. The second-order valence-corrected chi connectivity index (χ2v) is 7.86. The summed E-state index contributed by atoms with van der Waals surface area (Å²) in [5, 5.41) is -5.15. The molecular formula is C12H11F18NO3S. The molecule has 0 saturated carbocycles. The SMILES string of the molecule is CC(F)(F)C(F)(F)C(F)(F)C(F)(F)C(F)(F)C(F)(F)C(F)(F)C(F)(F)C(F)(F)S(=O)(=O)O.CNC. The van der Waals surface area contributed by atoms with Gasteiger partial charge in [-0.05, 0) is 14.1 Å². The summed E-state index contributed by atoms with van der Waals surface area (Å²) in [5.74, 6) is -66.9. The van der Waals surface area contributed by atoms with Crippen LogP contribution in [-0.2, 0) is 10.1 Å². The molecular weight excluding hydrogens is 580 g/mol. The molecule has 0 rings (SSSR count). The number of nitrogens with one attached hydrogen (secondary N) is 1. The minimum Gasteiger partial charge on any atom is -0.323 e. The van der Waals surface area contributed by atoms with Gasteiger partial charge in [-0.25, -0.2) is 0 Å². The molecule has 0 aromatic rings. The van der Waals surface area contributed by atoms with Gasteiger partial charge in [0.05, 0.1) is 0 Å². The zero-order chi connectivity index (χ0) is 29.7. The molecule has 0 unspecified atom stereocenters. The van der Waals surface area contributed by atoms with Crippen molar-refractivity contribution in [3.05, 3.63) is 0 Å². The summed E-state index contributed by atoms with van der Waals surface area (Å²) in [6.45, 7) is -1.37. The van der Waals surface area contributed by atoms with Crippen LogP contribution in [0.3, 0.4) is 0 Å². The molecule has 0 bridgehead atoms. The van der Waals surface area contributed by atoms with Gasteiger partial charge in [-0.1, -0.05) is 0 Å². The highest BCUT2D eigenvalue weighted by molar-refractivity contribution is 7.87. The molecule has 0 spiro atoms. The Morgan fingerprint density at radius 3 is 0.829 bits per heavy atom. The first kappa shape index (κ1) is 35.8. The van der Waals surface area contributed by atoms with Gasteiger partial charge in [-0.2, -0.15) is 87.4 Å². The second-order valence-electron chi connectivity index (χ2n) is 6.40. The monoisotopic (exact) mass is 591 g/mol. The van der Waals surface area contributed by atoms with Gasteiger partial charge in [-0.3, -0.25) is 4.55 Å². The molecule has 0 heterocycles. The third-order valence-electron chi connectivity index (χ3n) is 3.61. The van der Waals surface area contributed by atoms with E-state index in [0.29, 0.717) is 0 Å². The summed E-state index contributed by atoms with van der Waals surface area (Å²) in [6, 6.07) is 0. The van der Waals surface area contributed by atoms with Crippen molar-refractivity contribution in [3.63, 3.8) is 0 Å². The molecule has 0 aromatic carbocycles. The van der Waals surface area contributed by atoms with Crippen molar-refractivity contribution in [2.24, 2.45) is 0 Å². The first-order valence-electron chi connectivity index (χ1n) is 7.62. The molecule has 0 radical (unpaired) electrons. The van der Waals surface area contributed by atoms with E-state index in [4.69, 9.17) is 4.55 Å². The molecule has 0 amide bonds. The Bertz CT molecular complexity index is 847. The molecule has 35 heavy (non-hydrogen) atoms. The van der Waals surface area contributed by atoms with Crippen molar-refractivity contribution in [2.45, 2.75) is 59.6 Å². The zero-order valence-electron chi connectivity index (χ0n) is 16.5. The van der Waals surface area contributed by atoms with Crippen molar-refractivity contribution in [1.29, 1.82) is 0 Å². The van der Waals surface area contributed by atoms with Gasteiger partial charge in [0.1, 0.15) is 0 Å². The third kappa shape index (κ3) is 4.82. The fourth-order valence-corrected chi connectivity index (χ4v) is 2.06. The maximum Gasteiger partial charge on any atom is 0.438 e. The van der Waals surface area contributed by atoms with E-state index < -0.39 is 69.7 Å². The summed E-state index contributed by atoms with van der Waals surface area (Å²) in [6.07, 6.45) is 0. The van der Waals surface area contributed by atoms with Gasteiger partial charge in [-0.15, -0.1) is 0 Å². The van der Waals surface area contributed by atoms with E-state index in [-0.39, 0.29) is 0 Å². The normalized spacial score (nSPS) is 16.1. The number of hydrogen-bond donors (Lipinski definition) is 2. The van der Waals surface area contributed by atoms with Crippen molar-refractivity contribution in [2.75, 3.05) is 14.1 Å². The van der Waals surface area contributed by atoms with Gasteiger partial charge in [0, 0.05) is 6.92 Å². The molecule has 0 aliphatic heterocycles. The Morgan fingerprint density at radius 2 is 0.657 bits per heavy atom. The van der Waals surface area contributed by atoms with Crippen LogP contribution in [0.1, 0.15) is 6.92 Å². The predicted molar refractivity (Wildman–Crippen MR) is 76.7 cm³/mol. The molecule has 0 fully saturated rings. The average Bonchev–Trinajstić information content (AvgIpc) is 2.59. The standard InChI is InChI=1S/C10H4F18O3S.C2H7N/c1-2(11,12)3(13,14)4(15,16)5(17,18)6(19,20)7(21,22)8(23,24)9(25,26)10(27,28)32(29,30)31;1-3-2/h1H3,(H,29,30,31);3H,1-2H3. The van der Waals surface area contributed by atoms with Crippen molar-refractivity contribution < 1.29 is 92.0 Å². The average molecular weight is 591 g/mol. The Morgan fingerprint density at radius 1 is 0.486 bits per heavy atom. The van der Waals surface area contributed by atoms with Crippen LogP contribution in [0.4, 0.5) is 79.0 Å². The maximum atomic E-state index is 13.3. The van der Waals surface area contributed by atoms with Gasteiger partial charge in [0.2, 0.25) is 0 Å². The lowest BCUT2D eigenvalue weighted by Gasteiger charge is -2.43. The van der Waals surface area contributed by atoms with E-state index in [9.17, 15) is 87.4 Å². The van der Waals surface area contributed by atoms with E-state index in [1.54, 1.807) is 0 Å². The molecule has 0 atom stereocenters. The van der Waals surface area contributed by atoms with Crippen LogP contribution < -0.4 is 5.32 Å². The highest BCUT2D eigenvalue weighted by Crippen LogP contribution is 2.65. The highest BCUT2D eigenvalue weighted by Gasteiger charge is 2.97. The number of halogens is 18. The van der Waals surface area contributed by atoms with Crippen LogP contribution >= 0.6 is 0 Å². The Balaban J connectivity index is 0. The van der Waals surface area contributed by atoms with Crippen LogP contribution in [-0.4, -0.2) is 79.7 Å². The minimum atomic E-state index is -9.00. The van der Waals surface area contributed by atoms with Gasteiger partial charge >= 0.3 is 62.8 Å². The van der Waals surface area contributed by atoms with E-state index in [1.807, 2.05) is 14.1 Å². The lowest BCUT2D eigenvalue weighted by atomic mass is 9.88. The summed E-state index contributed by atoms with van der Waals surface area (Å²) in [7, 11) is -4.20. The van der Waals surface area contributed by atoms with Crippen molar-refractivity contribution in [1.82, 2.24) is 5.32 Å². The molecule has 0 aromatic heterocycles. The summed E-state index contributed by atoms with van der Waals surface area (Å²) in [5.41, 5.74) is 0. The molecule has 214 valence electrons. The summed E-state index contributed by atoms with van der Waals surface area (Å²) < 4.78 is 262. The first-order valence-corrected chi connectivity index (χ1v) is 9.06. The predicted octanol–water partition coefficient (Wildman–Crippen LogP) is 5.40. The largest absolute Gasteiger partial charge is 0.438 e. The number of hydrogen-bond acceptors (Lipinski definition) is 3. The van der Waals surface area contributed by atoms with E-state index in [1.165, 1.54) is 0 Å². The highest BCUT2D eigenvalue weighted by atomic mass is 32.2. The first-order chi connectivity index (χ1) is 14.7. The summed E-state index contributed by atoms with van der Waals surface area (Å²) in [4.78, 5) is 0. The van der Waals surface area contributed by atoms with Gasteiger partial charge in [0.25, 0.3) is 0 Å². The Kier molecular flexibility index (Phi) is 9.37. The lowest BCUT2D eigenvalue weighted by Crippen LogP contribution is -2.76. The molecule has 0 aliphatic rings. The lowest BCUT2D eigenvalue weighted by molar-refractivity contribution is -0.458. The molecule has 0 saturated heterocycles. The Labute approximate surface area is 182 Å². The van der Waals surface area contributed by atoms with Crippen LogP contribution in [0.15, 0.2) is 0 Å². The zero-order valence-corrected chi connectivity index (χ0v) is 17.3. The van der Waals surface area contributed by atoms with E-state index >= 15 is 0 Å². The van der Waals surface area contributed by atoms with Crippen LogP contribution in [0.2, 0.25) is 0 Å². The van der Waals surface area contributed by atoms with Crippen molar-refractivity contribution in [3.8, 4) is 0 Å². The third-order valence-corrected chi connectivity index (χ3v) is 4.51. The van der Waals surface area contributed by atoms with Crippen molar-refractivity contribution >= 4 is 10.1 Å². The topological polar surface area (TPSA) is 66.4 Å². The van der Waals surface area contributed by atoms with Crippen LogP contribution in [0, 0.1) is 0 Å². The smallest absolute Gasteiger partial charge is 0.323 e. The van der Waals surface area contributed by atoms with Crippen LogP contribution in [0.25, 0.3) is 0 Å². The molecule has 4 nitrogen and oxygen atoms in total. The fourth-order valence-electron chi connectivity index (χ4n) is 1.61. The fraction of sp³-hybridized carbons (Fsp3) is 1.00. The molecule has 23 heteroatoms. The Hall–Kier alpha value is -1.39. The number of rotatable bonds is 9. The maximum absolute atomic E-state index is 13.3. The van der Waals surface area contributed by atoms with E-state index in [2.05, 4.69) is 5.32 Å². The minimum absolute atomic E-state index is 1.37. The van der Waals surface area contributed by atoms with E-state index in [0.717, 1.165) is 0 Å². The van der Waals surface area contributed by atoms with Gasteiger partial charge < -0.3 is 5.32 Å². The second kappa shape index (κ2) is 9.17. The molecule has 2 N–H and O–H groups in total. The van der Waals surface area contributed by atoms with Crippen LogP contribution in [0.5, 0.6) is 0 Å². The molecule has 0 aliphatic carbocycles.